The second-order valence-electron chi connectivity index (χ2n) is 3.79. The summed E-state index contributed by atoms with van der Waals surface area (Å²) in [5.41, 5.74) is -0.562. The maximum atomic E-state index is 12.5. The molecule has 0 spiro atoms. The van der Waals surface area contributed by atoms with Crippen molar-refractivity contribution < 1.29 is 23.4 Å². The van der Waals surface area contributed by atoms with Gasteiger partial charge in [0.15, 0.2) is 6.10 Å². The number of rotatable bonds is 1. The molecule has 0 fully saturated rings. The van der Waals surface area contributed by atoms with Crippen LogP contribution in [0.15, 0.2) is 34.8 Å². The van der Waals surface area contributed by atoms with E-state index in [1.165, 1.54) is 6.07 Å². The fraction of sp³-hybridized carbons (Fsp3) is 0.167. The molecule has 0 aliphatic carbocycles. The molecule has 2 nitrogen and oxygen atoms in total. The third-order valence-electron chi connectivity index (χ3n) is 2.60. The third-order valence-corrected chi connectivity index (χ3v) is 3.26. The molecule has 2 rings (SSSR count). The van der Waals surface area contributed by atoms with Crippen molar-refractivity contribution in [3.05, 3.63) is 40.4 Å². The minimum absolute atomic E-state index is 0.255. The highest BCUT2D eigenvalue weighted by atomic mass is 79.9. The van der Waals surface area contributed by atoms with Crippen LogP contribution >= 0.6 is 15.9 Å². The standard InChI is InChI=1S/C12H8BrF3O2/c13-9-5-8(11(18)12(14,15)16)10(17)7-4-2-1-3-6(7)9/h1-5,11,17-18H. The molecule has 1 atom stereocenters. The molecule has 2 aromatic carbocycles. The number of halogens is 4. The van der Waals surface area contributed by atoms with Gasteiger partial charge in [-0.3, -0.25) is 0 Å². The van der Waals surface area contributed by atoms with Crippen molar-refractivity contribution in [1.29, 1.82) is 0 Å². The minimum atomic E-state index is -4.82. The molecule has 0 radical (unpaired) electrons. The second kappa shape index (κ2) is 4.44. The Labute approximate surface area is 109 Å². The number of aliphatic hydroxyl groups excluding tert-OH is 1. The first-order valence-corrected chi connectivity index (χ1v) is 5.76. The number of benzene rings is 2. The molecule has 0 heterocycles. The lowest BCUT2D eigenvalue weighted by molar-refractivity contribution is -0.207. The fourth-order valence-electron chi connectivity index (χ4n) is 1.72. The number of hydrogen-bond acceptors (Lipinski definition) is 2. The van der Waals surface area contributed by atoms with E-state index in [-0.39, 0.29) is 5.39 Å². The molecular formula is C12H8BrF3O2. The van der Waals surface area contributed by atoms with Gasteiger partial charge < -0.3 is 10.2 Å². The van der Waals surface area contributed by atoms with Crippen molar-refractivity contribution in [3.63, 3.8) is 0 Å². The zero-order valence-electron chi connectivity index (χ0n) is 8.87. The summed E-state index contributed by atoms with van der Waals surface area (Å²) in [6.45, 7) is 0. The van der Waals surface area contributed by atoms with Gasteiger partial charge in [-0.2, -0.15) is 13.2 Å². The van der Waals surface area contributed by atoms with Crippen LogP contribution in [0.1, 0.15) is 11.7 Å². The molecule has 2 aromatic rings. The summed E-state index contributed by atoms with van der Waals surface area (Å²) >= 11 is 3.13. The highest BCUT2D eigenvalue weighted by molar-refractivity contribution is 9.10. The van der Waals surface area contributed by atoms with Gasteiger partial charge >= 0.3 is 6.18 Å². The molecule has 0 amide bonds. The molecule has 0 aliphatic heterocycles. The Kier molecular flexibility index (Phi) is 3.25. The van der Waals surface area contributed by atoms with Crippen LogP contribution in [0, 0.1) is 0 Å². The largest absolute Gasteiger partial charge is 0.507 e. The molecular weight excluding hydrogens is 313 g/mol. The highest BCUT2D eigenvalue weighted by Crippen LogP contribution is 2.42. The van der Waals surface area contributed by atoms with Crippen LogP contribution in [-0.2, 0) is 0 Å². The van der Waals surface area contributed by atoms with E-state index in [0.717, 1.165) is 6.07 Å². The van der Waals surface area contributed by atoms with Gasteiger partial charge in [0.25, 0.3) is 0 Å². The molecule has 0 saturated carbocycles. The number of phenols is 1. The zero-order valence-corrected chi connectivity index (χ0v) is 10.5. The Morgan fingerprint density at radius 2 is 1.67 bits per heavy atom. The van der Waals surface area contributed by atoms with E-state index >= 15 is 0 Å². The van der Waals surface area contributed by atoms with Gasteiger partial charge in [0, 0.05) is 15.4 Å². The van der Waals surface area contributed by atoms with Crippen LogP contribution in [0.3, 0.4) is 0 Å². The molecule has 0 saturated heterocycles. The predicted octanol–water partition coefficient (Wildman–Crippen LogP) is 3.90. The first-order valence-electron chi connectivity index (χ1n) is 4.97. The number of fused-ring (bicyclic) bond motifs is 1. The average Bonchev–Trinajstić information content (AvgIpc) is 2.32. The summed E-state index contributed by atoms with van der Waals surface area (Å²) in [4.78, 5) is 0. The van der Waals surface area contributed by atoms with E-state index < -0.39 is 23.6 Å². The van der Waals surface area contributed by atoms with Crippen molar-refractivity contribution in [3.8, 4) is 5.75 Å². The summed E-state index contributed by atoms with van der Waals surface area (Å²) in [5, 5.41) is 19.9. The number of phenolic OH excluding ortho intramolecular Hbond substituents is 1. The van der Waals surface area contributed by atoms with Crippen molar-refractivity contribution in [1.82, 2.24) is 0 Å². The molecule has 1 unspecified atom stereocenters. The summed E-state index contributed by atoms with van der Waals surface area (Å²) < 4.78 is 37.8. The van der Waals surface area contributed by atoms with Crippen LogP contribution in [-0.4, -0.2) is 16.4 Å². The van der Waals surface area contributed by atoms with Gasteiger partial charge in [0.1, 0.15) is 5.75 Å². The first kappa shape index (κ1) is 13.2. The lowest BCUT2D eigenvalue weighted by Gasteiger charge is -2.17. The Morgan fingerprint density at radius 3 is 2.22 bits per heavy atom. The smallest absolute Gasteiger partial charge is 0.418 e. The van der Waals surface area contributed by atoms with Gasteiger partial charge in [-0.15, -0.1) is 0 Å². The van der Waals surface area contributed by atoms with Crippen LogP contribution in [0.4, 0.5) is 13.2 Å². The summed E-state index contributed by atoms with van der Waals surface area (Å²) in [6.07, 6.45) is -7.53. The van der Waals surface area contributed by atoms with Crippen LogP contribution < -0.4 is 0 Å². The van der Waals surface area contributed by atoms with Crippen molar-refractivity contribution in [2.45, 2.75) is 12.3 Å². The van der Waals surface area contributed by atoms with Gasteiger partial charge in [-0.25, -0.2) is 0 Å². The summed E-state index contributed by atoms with van der Waals surface area (Å²) in [6, 6.07) is 7.52. The average molecular weight is 321 g/mol. The molecule has 0 aromatic heterocycles. The van der Waals surface area contributed by atoms with Crippen LogP contribution in [0.5, 0.6) is 5.75 Å². The Morgan fingerprint density at radius 1 is 1.11 bits per heavy atom. The Balaban J connectivity index is 2.71. The lowest BCUT2D eigenvalue weighted by atomic mass is 10.0. The Hall–Kier alpha value is -1.27. The van der Waals surface area contributed by atoms with Gasteiger partial charge in [0.2, 0.25) is 0 Å². The first-order chi connectivity index (χ1) is 8.32. The van der Waals surface area contributed by atoms with E-state index in [2.05, 4.69) is 15.9 Å². The monoisotopic (exact) mass is 320 g/mol. The van der Waals surface area contributed by atoms with Gasteiger partial charge in [-0.05, 0) is 11.5 Å². The number of aromatic hydroxyl groups is 1. The van der Waals surface area contributed by atoms with Crippen molar-refractivity contribution in [2.75, 3.05) is 0 Å². The highest BCUT2D eigenvalue weighted by Gasteiger charge is 2.41. The normalized spacial score (nSPS) is 13.8. The zero-order chi connectivity index (χ0) is 13.5. The third kappa shape index (κ3) is 2.18. The number of hydrogen-bond donors (Lipinski definition) is 2. The van der Waals surface area contributed by atoms with E-state index in [4.69, 9.17) is 0 Å². The predicted molar refractivity (Wildman–Crippen MR) is 64.3 cm³/mol. The van der Waals surface area contributed by atoms with Gasteiger partial charge in [0.05, 0.1) is 0 Å². The number of aliphatic hydroxyl groups is 1. The topological polar surface area (TPSA) is 40.5 Å². The number of alkyl halides is 3. The summed E-state index contributed by atoms with van der Waals surface area (Å²) in [5.74, 6) is -0.557. The fourth-order valence-corrected chi connectivity index (χ4v) is 2.31. The van der Waals surface area contributed by atoms with Gasteiger partial charge in [-0.1, -0.05) is 40.2 Å². The van der Waals surface area contributed by atoms with E-state index in [9.17, 15) is 23.4 Å². The van der Waals surface area contributed by atoms with Crippen LogP contribution in [0.25, 0.3) is 10.8 Å². The SMILES string of the molecule is Oc1c(C(O)C(F)(F)F)cc(Br)c2ccccc12. The van der Waals surface area contributed by atoms with E-state index in [1.807, 2.05) is 0 Å². The quantitative estimate of drug-likeness (QED) is 0.836. The summed E-state index contributed by atoms with van der Waals surface area (Å²) in [7, 11) is 0. The molecule has 18 heavy (non-hydrogen) atoms. The Bertz CT molecular complexity index is 596. The molecule has 0 bridgehead atoms. The van der Waals surface area contributed by atoms with E-state index in [0.29, 0.717) is 9.86 Å². The second-order valence-corrected chi connectivity index (χ2v) is 4.64. The van der Waals surface area contributed by atoms with Crippen molar-refractivity contribution >= 4 is 26.7 Å². The molecule has 2 N–H and O–H groups in total. The lowest BCUT2D eigenvalue weighted by Crippen LogP contribution is -2.20. The molecule has 6 heteroatoms. The van der Waals surface area contributed by atoms with Crippen LogP contribution in [0.2, 0.25) is 0 Å². The maximum absolute atomic E-state index is 12.5. The minimum Gasteiger partial charge on any atom is -0.507 e. The van der Waals surface area contributed by atoms with Crippen molar-refractivity contribution in [2.24, 2.45) is 0 Å². The van der Waals surface area contributed by atoms with E-state index in [1.54, 1.807) is 18.2 Å². The molecule has 96 valence electrons. The maximum Gasteiger partial charge on any atom is 0.418 e. The molecule has 0 aliphatic rings.